The van der Waals surface area contributed by atoms with Crippen LogP contribution in [0.4, 0.5) is 5.69 Å². The van der Waals surface area contributed by atoms with Gasteiger partial charge in [0.1, 0.15) is 0 Å². The van der Waals surface area contributed by atoms with Crippen LogP contribution < -0.4 is 0 Å². The van der Waals surface area contributed by atoms with Crippen molar-refractivity contribution in [2.75, 3.05) is 0 Å². The van der Waals surface area contributed by atoms with Crippen molar-refractivity contribution in [1.82, 2.24) is 9.55 Å². The number of nitrogens with zero attached hydrogens (tertiary/aromatic N) is 4. The molecule has 0 radical (unpaired) electrons. The van der Waals surface area contributed by atoms with Gasteiger partial charge in [0, 0.05) is 28.8 Å². The molecule has 3 aromatic rings. The van der Waals surface area contributed by atoms with Crippen LogP contribution in [0.25, 0.3) is 10.9 Å². The molecule has 23 heavy (non-hydrogen) atoms. The van der Waals surface area contributed by atoms with Crippen molar-refractivity contribution in [2.45, 2.75) is 13.5 Å². The third-order valence-electron chi connectivity index (χ3n) is 3.44. The standard InChI is InChI=1S/C16H13BrN4O2/c1-2-21-13-6-5-11(17)8-12(13)14(16(21)23)19-20-15(22)10-4-3-7-18-9-10/h3-9,23H,2H2,1H3. The van der Waals surface area contributed by atoms with E-state index >= 15 is 0 Å². The van der Waals surface area contributed by atoms with Gasteiger partial charge in [0.25, 0.3) is 5.91 Å². The summed E-state index contributed by atoms with van der Waals surface area (Å²) in [4.78, 5) is 15.9. The van der Waals surface area contributed by atoms with E-state index in [1.54, 1.807) is 22.9 Å². The Morgan fingerprint density at radius 1 is 1.39 bits per heavy atom. The first-order chi connectivity index (χ1) is 11.1. The first-order valence-electron chi connectivity index (χ1n) is 6.98. The summed E-state index contributed by atoms with van der Waals surface area (Å²) < 4.78 is 2.57. The zero-order valence-corrected chi connectivity index (χ0v) is 13.9. The SMILES string of the molecule is CCn1c(O)c(N=NC(=O)c2cccnc2)c2cc(Br)ccc21. The Labute approximate surface area is 140 Å². The van der Waals surface area contributed by atoms with Crippen molar-refractivity contribution >= 4 is 38.4 Å². The highest BCUT2D eigenvalue weighted by Crippen LogP contribution is 2.40. The summed E-state index contributed by atoms with van der Waals surface area (Å²) in [6.07, 6.45) is 3.00. The van der Waals surface area contributed by atoms with Crippen LogP contribution in [0.3, 0.4) is 0 Å². The van der Waals surface area contributed by atoms with Gasteiger partial charge in [-0.1, -0.05) is 15.9 Å². The number of amides is 1. The van der Waals surface area contributed by atoms with E-state index in [0.717, 1.165) is 15.4 Å². The number of carbonyl (C=O) groups is 1. The molecule has 0 atom stereocenters. The molecule has 0 bridgehead atoms. The summed E-state index contributed by atoms with van der Waals surface area (Å²) in [6.45, 7) is 2.50. The van der Waals surface area contributed by atoms with E-state index in [0.29, 0.717) is 12.1 Å². The van der Waals surface area contributed by atoms with E-state index in [4.69, 9.17) is 0 Å². The Morgan fingerprint density at radius 3 is 2.91 bits per heavy atom. The number of aryl methyl sites for hydroxylation is 1. The lowest BCUT2D eigenvalue weighted by molar-refractivity contribution is 0.0994. The third kappa shape index (κ3) is 2.87. The first-order valence-corrected chi connectivity index (χ1v) is 7.78. The van der Waals surface area contributed by atoms with Gasteiger partial charge in [-0.15, -0.1) is 10.2 Å². The molecule has 0 aliphatic rings. The van der Waals surface area contributed by atoms with Crippen LogP contribution in [0.15, 0.2) is 57.4 Å². The molecule has 0 saturated heterocycles. The molecule has 2 aromatic heterocycles. The first kappa shape index (κ1) is 15.4. The summed E-state index contributed by atoms with van der Waals surface area (Å²) in [7, 11) is 0. The predicted octanol–water partition coefficient (Wildman–Crippen LogP) is 4.45. The van der Waals surface area contributed by atoms with Crippen molar-refractivity contribution in [2.24, 2.45) is 10.2 Å². The molecule has 2 heterocycles. The molecule has 7 heteroatoms. The lowest BCUT2D eigenvalue weighted by Gasteiger charge is -2.01. The molecule has 1 aromatic carbocycles. The average molecular weight is 373 g/mol. The normalized spacial score (nSPS) is 11.4. The van der Waals surface area contributed by atoms with Gasteiger partial charge in [0.2, 0.25) is 5.88 Å². The maximum absolute atomic E-state index is 12.0. The molecule has 1 N–H and O–H groups in total. The smallest absolute Gasteiger partial charge is 0.296 e. The van der Waals surface area contributed by atoms with Gasteiger partial charge in [-0.3, -0.25) is 9.78 Å². The van der Waals surface area contributed by atoms with Crippen LogP contribution in [0, 0.1) is 0 Å². The minimum atomic E-state index is -0.509. The van der Waals surface area contributed by atoms with Crippen LogP contribution in [-0.2, 0) is 6.54 Å². The van der Waals surface area contributed by atoms with Crippen molar-refractivity contribution in [3.8, 4) is 5.88 Å². The molecule has 1 amide bonds. The fraction of sp³-hybridized carbons (Fsp3) is 0.125. The van der Waals surface area contributed by atoms with Crippen LogP contribution in [0.5, 0.6) is 5.88 Å². The van der Waals surface area contributed by atoms with Crippen LogP contribution in [-0.4, -0.2) is 20.6 Å². The number of halogens is 1. The lowest BCUT2D eigenvalue weighted by atomic mass is 10.2. The number of carbonyl (C=O) groups excluding carboxylic acids is 1. The van der Waals surface area contributed by atoms with E-state index in [1.165, 1.54) is 6.20 Å². The minimum Gasteiger partial charge on any atom is -0.493 e. The molecular weight excluding hydrogens is 360 g/mol. The molecular formula is C16H13BrN4O2. The second-order valence-corrected chi connectivity index (χ2v) is 5.74. The molecule has 6 nitrogen and oxygen atoms in total. The van der Waals surface area contributed by atoms with Crippen molar-refractivity contribution in [3.05, 3.63) is 52.8 Å². The highest BCUT2D eigenvalue weighted by atomic mass is 79.9. The maximum Gasteiger partial charge on any atom is 0.296 e. The molecule has 0 spiro atoms. The quantitative estimate of drug-likeness (QED) is 0.689. The summed E-state index contributed by atoms with van der Waals surface area (Å²) in [5.74, 6) is -0.520. The molecule has 0 aliphatic heterocycles. The molecule has 0 unspecified atom stereocenters. The van der Waals surface area contributed by atoms with Gasteiger partial charge < -0.3 is 9.67 Å². The van der Waals surface area contributed by atoms with E-state index in [2.05, 4.69) is 31.1 Å². The number of pyridine rings is 1. The number of fused-ring (bicyclic) bond motifs is 1. The fourth-order valence-corrected chi connectivity index (χ4v) is 2.72. The van der Waals surface area contributed by atoms with Gasteiger partial charge in [-0.25, -0.2) is 0 Å². The number of rotatable bonds is 3. The number of benzene rings is 1. The second kappa shape index (κ2) is 6.29. The monoisotopic (exact) mass is 372 g/mol. The number of aromatic hydroxyl groups is 1. The van der Waals surface area contributed by atoms with Gasteiger partial charge >= 0.3 is 0 Å². The number of hydrogen-bond donors (Lipinski definition) is 1. The van der Waals surface area contributed by atoms with E-state index in [9.17, 15) is 9.90 Å². The zero-order valence-electron chi connectivity index (χ0n) is 12.3. The Balaban J connectivity index is 2.06. The van der Waals surface area contributed by atoms with Crippen LogP contribution in [0.1, 0.15) is 17.3 Å². The number of azo groups is 1. The molecule has 0 aliphatic carbocycles. The molecule has 3 rings (SSSR count). The maximum atomic E-state index is 12.0. The Hall–Kier alpha value is -2.54. The molecule has 116 valence electrons. The summed E-state index contributed by atoms with van der Waals surface area (Å²) in [6, 6.07) is 8.87. The highest BCUT2D eigenvalue weighted by molar-refractivity contribution is 9.10. The number of hydrogen-bond acceptors (Lipinski definition) is 4. The fourth-order valence-electron chi connectivity index (χ4n) is 2.36. The minimum absolute atomic E-state index is 0.0108. The molecule has 0 fully saturated rings. The van der Waals surface area contributed by atoms with Gasteiger partial charge in [-0.2, -0.15) is 0 Å². The van der Waals surface area contributed by atoms with Gasteiger partial charge in [0.05, 0.1) is 11.1 Å². The Bertz CT molecular complexity index is 903. The topological polar surface area (TPSA) is 79.8 Å². The lowest BCUT2D eigenvalue weighted by Crippen LogP contribution is -1.93. The van der Waals surface area contributed by atoms with E-state index in [1.807, 2.05) is 25.1 Å². The number of aromatic nitrogens is 2. The van der Waals surface area contributed by atoms with Crippen molar-refractivity contribution in [3.63, 3.8) is 0 Å². The highest BCUT2D eigenvalue weighted by Gasteiger charge is 2.16. The molecule has 0 saturated carbocycles. The van der Waals surface area contributed by atoms with Gasteiger partial charge in [-0.05, 0) is 37.3 Å². The largest absolute Gasteiger partial charge is 0.493 e. The second-order valence-electron chi connectivity index (χ2n) is 4.82. The summed E-state index contributed by atoms with van der Waals surface area (Å²) in [5, 5.41) is 18.8. The van der Waals surface area contributed by atoms with Crippen LogP contribution in [0.2, 0.25) is 0 Å². The van der Waals surface area contributed by atoms with E-state index < -0.39 is 5.91 Å². The van der Waals surface area contributed by atoms with E-state index in [-0.39, 0.29) is 11.6 Å². The van der Waals surface area contributed by atoms with Crippen molar-refractivity contribution in [1.29, 1.82) is 0 Å². The summed E-state index contributed by atoms with van der Waals surface area (Å²) in [5.41, 5.74) is 1.45. The summed E-state index contributed by atoms with van der Waals surface area (Å²) >= 11 is 3.40. The average Bonchev–Trinajstić information content (AvgIpc) is 2.83. The van der Waals surface area contributed by atoms with Crippen LogP contribution >= 0.6 is 15.9 Å². The Kier molecular flexibility index (Phi) is 4.20. The zero-order chi connectivity index (χ0) is 16.4. The third-order valence-corrected chi connectivity index (χ3v) is 3.93. The van der Waals surface area contributed by atoms with Crippen molar-refractivity contribution < 1.29 is 9.90 Å². The predicted molar refractivity (Wildman–Crippen MR) is 90.1 cm³/mol. The van der Waals surface area contributed by atoms with Gasteiger partial charge in [0.15, 0.2) is 5.69 Å². The Morgan fingerprint density at radius 2 is 2.22 bits per heavy atom.